The summed E-state index contributed by atoms with van der Waals surface area (Å²) >= 11 is 0. The zero-order chi connectivity index (χ0) is 24.4. The second-order valence-electron chi connectivity index (χ2n) is 9.42. The molecular weight excluding hydrogens is 442 g/mol. The quantitative estimate of drug-likeness (QED) is 0.615. The number of aromatic nitrogens is 2. The summed E-state index contributed by atoms with van der Waals surface area (Å²) in [4.78, 5) is 38.7. The number of hydrogen-bond acceptors (Lipinski definition) is 6. The predicted molar refractivity (Wildman–Crippen MR) is 131 cm³/mol. The normalized spacial score (nSPS) is 24.0. The minimum atomic E-state index is -0.513. The Morgan fingerprint density at radius 3 is 2.54 bits per heavy atom. The van der Waals surface area contributed by atoms with E-state index in [-0.39, 0.29) is 29.8 Å². The number of carbonyl (C=O) groups excluding carboxylic acids is 2. The van der Waals surface area contributed by atoms with Gasteiger partial charge in [-0.05, 0) is 49.8 Å². The van der Waals surface area contributed by atoms with Crippen molar-refractivity contribution in [3.8, 4) is 11.8 Å². The Bertz CT molecular complexity index is 1210. The summed E-state index contributed by atoms with van der Waals surface area (Å²) in [6, 6.07) is 19.0. The zero-order valence-corrected chi connectivity index (χ0v) is 19.9. The lowest BCUT2D eigenvalue weighted by Crippen LogP contribution is -2.63. The first kappa shape index (κ1) is 23.0. The molecule has 2 aromatic carbocycles. The van der Waals surface area contributed by atoms with Crippen LogP contribution in [0.25, 0.3) is 0 Å². The summed E-state index contributed by atoms with van der Waals surface area (Å²) in [7, 11) is 2.06. The zero-order valence-electron chi connectivity index (χ0n) is 19.9. The smallest absolute Gasteiger partial charge is 0.321 e. The van der Waals surface area contributed by atoms with Crippen LogP contribution in [0.3, 0.4) is 0 Å². The molecule has 0 aliphatic carbocycles. The highest BCUT2D eigenvalue weighted by Crippen LogP contribution is 2.48. The molecule has 0 spiro atoms. The molecule has 3 aromatic rings. The summed E-state index contributed by atoms with van der Waals surface area (Å²) in [6.07, 6.45) is 4.09. The van der Waals surface area contributed by atoms with E-state index in [1.807, 2.05) is 23.1 Å². The maximum absolute atomic E-state index is 14.0. The number of fused-ring (bicyclic) bond motifs is 1. The van der Waals surface area contributed by atoms with Crippen molar-refractivity contribution in [2.45, 2.75) is 24.9 Å². The fourth-order valence-electron chi connectivity index (χ4n) is 5.65. The van der Waals surface area contributed by atoms with Gasteiger partial charge in [0.05, 0.1) is 11.6 Å². The van der Waals surface area contributed by atoms with Crippen molar-refractivity contribution >= 4 is 11.8 Å². The van der Waals surface area contributed by atoms with Gasteiger partial charge in [0, 0.05) is 43.9 Å². The lowest BCUT2D eigenvalue weighted by atomic mass is 9.76. The molecule has 2 amide bonds. The standard InChI is InChI=1S/C27H29N5O3/c1-19(33)30-27-17-31(2)15-12-23(27)24(20-8-4-3-5-9-20)32(18-27)25(34)21-10-6-11-22(16-21)35-26-28-13-7-14-29-26/h3-11,13-14,16,23-24H,12,15,17-18H2,1-2H3,(H,30,33)/t23-,24-,27-/m1/s1. The molecule has 2 saturated heterocycles. The van der Waals surface area contributed by atoms with E-state index >= 15 is 0 Å². The first-order valence-electron chi connectivity index (χ1n) is 11.8. The van der Waals surface area contributed by atoms with E-state index in [9.17, 15) is 9.59 Å². The second-order valence-corrected chi connectivity index (χ2v) is 9.42. The topological polar surface area (TPSA) is 87.7 Å². The van der Waals surface area contributed by atoms with E-state index in [1.54, 1.807) is 49.6 Å². The summed E-state index contributed by atoms with van der Waals surface area (Å²) in [5.41, 5.74) is 1.08. The van der Waals surface area contributed by atoms with Gasteiger partial charge in [0.25, 0.3) is 5.91 Å². The number of likely N-dealkylation sites (tertiary alicyclic amines) is 2. The highest BCUT2D eigenvalue weighted by molar-refractivity contribution is 5.95. The van der Waals surface area contributed by atoms with Gasteiger partial charge in [-0.3, -0.25) is 9.59 Å². The Kier molecular flexibility index (Phi) is 6.21. The second kappa shape index (κ2) is 9.46. The monoisotopic (exact) mass is 471 g/mol. The number of nitrogens with zero attached hydrogens (tertiary/aromatic N) is 4. The molecule has 0 unspecified atom stereocenters. The number of benzene rings is 2. The van der Waals surface area contributed by atoms with E-state index in [0.29, 0.717) is 24.4 Å². The van der Waals surface area contributed by atoms with Crippen molar-refractivity contribution in [2.75, 3.05) is 26.7 Å². The van der Waals surface area contributed by atoms with E-state index in [1.165, 1.54) is 0 Å². The van der Waals surface area contributed by atoms with Gasteiger partial charge in [-0.25, -0.2) is 9.97 Å². The summed E-state index contributed by atoms with van der Waals surface area (Å²) < 4.78 is 5.77. The Morgan fingerprint density at radius 2 is 1.80 bits per heavy atom. The van der Waals surface area contributed by atoms with Crippen LogP contribution in [-0.4, -0.2) is 63.8 Å². The Balaban J connectivity index is 1.51. The number of nitrogens with one attached hydrogen (secondary N) is 1. The lowest BCUT2D eigenvalue weighted by molar-refractivity contribution is -0.122. The van der Waals surface area contributed by atoms with Crippen LogP contribution in [0, 0.1) is 5.92 Å². The fourth-order valence-corrected chi connectivity index (χ4v) is 5.65. The Morgan fingerprint density at radius 1 is 1.03 bits per heavy atom. The summed E-state index contributed by atoms with van der Waals surface area (Å²) in [6.45, 7) is 3.60. The predicted octanol–water partition coefficient (Wildman–Crippen LogP) is 3.29. The minimum absolute atomic E-state index is 0.0790. The number of amides is 2. The molecular formula is C27H29N5O3. The third kappa shape index (κ3) is 4.61. The largest absolute Gasteiger partial charge is 0.424 e. The van der Waals surface area contributed by atoms with Crippen molar-refractivity contribution in [1.29, 1.82) is 0 Å². The third-order valence-corrected chi connectivity index (χ3v) is 6.91. The molecule has 1 aromatic heterocycles. The lowest BCUT2D eigenvalue weighted by Gasteiger charge is -2.44. The maximum atomic E-state index is 14.0. The van der Waals surface area contributed by atoms with Gasteiger partial charge in [0.2, 0.25) is 5.91 Å². The number of ether oxygens (including phenoxy) is 1. The SMILES string of the molecule is CC(=O)N[C@@]12CN(C)CC[C@@H]1[C@@H](c1ccccc1)N(C(=O)c1cccc(Oc3ncccn3)c1)C2. The molecule has 8 nitrogen and oxygen atoms in total. The Hall–Kier alpha value is -3.78. The van der Waals surface area contributed by atoms with Crippen LogP contribution in [0.2, 0.25) is 0 Å². The molecule has 180 valence electrons. The van der Waals surface area contributed by atoms with Crippen LogP contribution in [0.5, 0.6) is 11.8 Å². The highest BCUT2D eigenvalue weighted by Gasteiger charge is 2.56. The van der Waals surface area contributed by atoms with Crippen LogP contribution in [0.4, 0.5) is 0 Å². The third-order valence-electron chi connectivity index (χ3n) is 6.91. The van der Waals surface area contributed by atoms with Gasteiger partial charge in [0.1, 0.15) is 5.75 Å². The minimum Gasteiger partial charge on any atom is -0.424 e. The fraction of sp³-hybridized carbons (Fsp3) is 0.333. The Labute approximate surface area is 204 Å². The molecule has 35 heavy (non-hydrogen) atoms. The van der Waals surface area contributed by atoms with Crippen molar-refractivity contribution in [2.24, 2.45) is 5.92 Å². The van der Waals surface area contributed by atoms with Gasteiger partial charge in [0.15, 0.2) is 0 Å². The van der Waals surface area contributed by atoms with E-state index in [0.717, 1.165) is 18.5 Å². The van der Waals surface area contributed by atoms with Gasteiger partial charge >= 0.3 is 6.01 Å². The van der Waals surface area contributed by atoms with Crippen molar-refractivity contribution < 1.29 is 14.3 Å². The number of likely N-dealkylation sites (N-methyl/N-ethyl adjacent to an activating group) is 1. The molecule has 0 bridgehead atoms. The molecule has 8 heteroatoms. The van der Waals surface area contributed by atoms with Gasteiger partial charge in [-0.15, -0.1) is 0 Å². The van der Waals surface area contributed by atoms with E-state index in [2.05, 4.69) is 39.4 Å². The average Bonchev–Trinajstić information content (AvgIpc) is 3.18. The molecule has 0 radical (unpaired) electrons. The molecule has 1 N–H and O–H groups in total. The summed E-state index contributed by atoms with van der Waals surface area (Å²) in [5.74, 6) is 0.419. The maximum Gasteiger partial charge on any atom is 0.321 e. The highest BCUT2D eigenvalue weighted by atomic mass is 16.5. The van der Waals surface area contributed by atoms with Crippen molar-refractivity contribution in [3.63, 3.8) is 0 Å². The van der Waals surface area contributed by atoms with Gasteiger partial charge in [-0.2, -0.15) is 0 Å². The van der Waals surface area contributed by atoms with Crippen molar-refractivity contribution in [3.05, 3.63) is 84.2 Å². The van der Waals surface area contributed by atoms with Crippen molar-refractivity contribution in [1.82, 2.24) is 25.1 Å². The van der Waals surface area contributed by atoms with Crippen LogP contribution < -0.4 is 10.1 Å². The summed E-state index contributed by atoms with van der Waals surface area (Å²) in [5, 5.41) is 3.25. The molecule has 0 saturated carbocycles. The molecule has 2 aliphatic rings. The average molecular weight is 472 g/mol. The van der Waals surface area contributed by atoms with Crippen LogP contribution in [0.15, 0.2) is 73.1 Å². The van der Waals surface area contributed by atoms with Crippen LogP contribution in [0.1, 0.15) is 35.3 Å². The molecule has 5 rings (SSSR count). The van der Waals surface area contributed by atoms with Gasteiger partial charge in [-0.1, -0.05) is 36.4 Å². The first-order valence-corrected chi connectivity index (χ1v) is 11.8. The number of hydrogen-bond donors (Lipinski definition) is 1. The van der Waals surface area contributed by atoms with E-state index in [4.69, 9.17) is 4.74 Å². The van der Waals surface area contributed by atoms with Gasteiger partial charge < -0.3 is 19.9 Å². The van der Waals surface area contributed by atoms with Crippen LogP contribution in [-0.2, 0) is 4.79 Å². The number of piperidine rings is 1. The number of carbonyl (C=O) groups is 2. The molecule has 3 atom stereocenters. The van der Waals surface area contributed by atoms with Crippen LogP contribution >= 0.6 is 0 Å². The van der Waals surface area contributed by atoms with E-state index < -0.39 is 5.54 Å². The molecule has 3 heterocycles. The first-order chi connectivity index (χ1) is 16.9. The number of rotatable bonds is 5. The molecule has 2 aliphatic heterocycles. The molecule has 2 fully saturated rings.